The van der Waals surface area contributed by atoms with Gasteiger partial charge in [-0.1, -0.05) is 54.7 Å². The van der Waals surface area contributed by atoms with E-state index in [1.54, 1.807) is 26.0 Å². The van der Waals surface area contributed by atoms with E-state index in [1.807, 2.05) is 49.5 Å². The lowest BCUT2D eigenvalue weighted by molar-refractivity contribution is -0.117. The molecule has 0 aromatic heterocycles. The average molecular weight is 261 g/mol. The number of aliphatic hydroxyl groups is 1. The van der Waals surface area contributed by atoms with E-state index in [4.69, 9.17) is 0 Å². The first-order valence-corrected chi connectivity index (χ1v) is 6.25. The van der Waals surface area contributed by atoms with E-state index >= 15 is 0 Å². The van der Waals surface area contributed by atoms with Gasteiger partial charge in [-0.2, -0.15) is 0 Å². The van der Waals surface area contributed by atoms with Gasteiger partial charge in [0.15, 0.2) is 0 Å². The van der Waals surface area contributed by atoms with Gasteiger partial charge in [-0.15, -0.1) is 0 Å². The molecular weight excluding hydrogens is 238 g/mol. The maximum absolute atomic E-state index is 11.3. The van der Waals surface area contributed by atoms with Gasteiger partial charge in [0.05, 0.1) is 5.60 Å². The summed E-state index contributed by atoms with van der Waals surface area (Å²) in [5.41, 5.74) is -0.888. The number of carbonyl (C=O) groups excluding carboxylic acids is 1. The lowest BCUT2D eigenvalue weighted by Gasteiger charge is -2.16. The molecule has 19 heavy (non-hydrogen) atoms. The first-order valence-electron chi connectivity index (χ1n) is 6.25. The molecule has 0 spiro atoms. The Kier molecular flexibility index (Phi) is 9.10. The number of hydrogen-bond donors (Lipinski definition) is 2. The first kappa shape index (κ1) is 17.1. The van der Waals surface area contributed by atoms with Crippen molar-refractivity contribution in [3.8, 4) is 0 Å². The molecule has 3 nitrogen and oxygen atoms in total. The summed E-state index contributed by atoms with van der Waals surface area (Å²) in [7, 11) is 0. The lowest BCUT2D eigenvalue weighted by Crippen LogP contribution is -2.37. The van der Waals surface area contributed by atoms with Gasteiger partial charge in [-0.05, 0) is 20.8 Å². The van der Waals surface area contributed by atoms with Crippen LogP contribution in [0, 0.1) is 0 Å². The number of amides is 1. The maximum atomic E-state index is 11.3. The minimum Gasteiger partial charge on any atom is -0.389 e. The average Bonchev–Trinajstić information content (AvgIpc) is 2.33. The highest BCUT2D eigenvalue weighted by Crippen LogP contribution is 1.96. The van der Waals surface area contributed by atoms with Crippen LogP contribution in [0.1, 0.15) is 20.8 Å². The second-order valence-corrected chi connectivity index (χ2v) is 4.57. The van der Waals surface area contributed by atoms with E-state index in [9.17, 15) is 9.90 Å². The zero-order valence-electron chi connectivity index (χ0n) is 11.8. The van der Waals surface area contributed by atoms with Crippen molar-refractivity contribution in [2.45, 2.75) is 26.4 Å². The molecule has 0 aromatic rings. The number of carbonyl (C=O) groups is 1. The van der Waals surface area contributed by atoms with Gasteiger partial charge in [-0.3, -0.25) is 4.79 Å². The van der Waals surface area contributed by atoms with Gasteiger partial charge in [0.25, 0.3) is 0 Å². The molecule has 0 unspecified atom stereocenters. The SMILES string of the molecule is C/C=C/C=C/C=C/C=C/C=C/C(=O)NCC(C)(C)O. The molecule has 0 atom stereocenters. The summed E-state index contributed by atoms with van der Waals surface area (Å²) in [6, 6.07) is 0. The van der Waals surface area contributed by atoms with Crippen LogP contribution in [0.25, 0.3) is 0 Å². The molecule has 0 heterocycles. The molecule has 2 N–H and O–H groups in total. The van der Waals surface area contributed by atoms with Crippen LogP contribution >= 0.6 is 0 Å². The van der Waals surface area contributed by atoms with Crippen LogP contribution in [0.2, 0.25) is 0 Å². The van der Waals surface area contributed by atoms with Crippen molar-refractivity contribution in [2.75, 3.05) is 6.54 Å². The van der Waals surface area contributed by atoms with E-state index in [-0.39, 0.29) is 12.5 Å². The van der Waals surface area contributed by atoms with Crippen LogP contribution in [-0.4, -0.2) is 23.2 Å². The molecule has 0 aliphatic carbocycles. The van der Waals surface area contributed by atoms with Crippen molar-refractivity contribution in [1.29, 1.82) is 0 Å². The normalized spacial score (nSPS) is 13.7. The minimum atomic E-state index is -0.888. The van der Waals surface area contributed by atoms with Crippen molar-refractivity contribution in [3.63, 3.8) is 0 Å². The molecule has 0 saturated carbocycles. The Hall–Kier alpha value is -1.87. The molecule has 0 aliphatic rings. The molecule has 0 rings (SSSR count). The van der Waals surface area contributed by atoms with Crippen LogP contribution in [-0.2, 0) is 4.79 Å². The van der Waals surface area contributed by atoms with Crippen molar-refractivity contribution in [2.24, 2.45) is 0 Å². The fraction of sp³-hybridized carbons (Fsp3) is 0.312. The molecule has 3 heteroatoms. The first-order chi connectivity index (χ1) is 8.95. The number of nitrogens with one attached hydrogen (secondary N) is 1. The molecule has 0 fully saturated rings. The quantitative estimate of drug-likeness (QED) is 0.547. The van der Waals surface area contributed by atoms with E-state index < -0.39 is 5.60 Å². The second-order valence-electron chi connectivity index (χ2n) is 4.57. The Bertz CT molecular complexity index is 393. The predicted octanol–water partition coefficient (Wildman–Crippen LogP) is 2.67. The monoisotopic (exact) mass is 261 g/mol. The van der Waals surface area contributed by atoms with Crippen molar-refractivity contribution < 1.29 is 9.90 Å². The Morgan fingerprint density at radius 1 is 1.00 bits per heavy atom. The lowest BCUT2D eigenvalue weighted by atomic mass is 10.1. The summed E-state index contributed by atoms with van der Waals surface area (Å²) in [6.07, 6.45) is 18.2. The third kappa shape index (κ3) is 14.1. The van der Waals surface area contributed by atoms with Crippen LogP contribution in [0.5, 0.6) is 0 Å². The summed E-state index contributed by atoms with van der Waals surface area (Å²) in [6.45, 7) is 5.48. The van der Waals surface area contributed by atoms with Crippen LogP contribution in [0.3, 0.4) is 0 Å². The van der Waals surface area contributed by atoms with Crippen LogP contribution < -0.4 is 5.32 Å². The van der Waals surface area contributed by atoms with E-state index in [1.165, 1.54) is 6.08 Å². The van der Waals surface area contributed by atoms with Crippen LogP contribution in [0.4, 0.5) is 0 Å². The molecule has 0 bridgehead atoms. The second kappa shape index (κ2) is 10.1. The topological polar surface area (TPSA) is 49.3 Å². The molecular formula is C16H23NO2. The highest BCUT2D eigenvalue weighted by molar-refractivity contribution is 5.87. The van der Waals surface area contributed by atoms with Crippen LogP contribution in [0.15, 0.2) is 60.8 Å². The van der Waals surface area contributed by atoms with Crippen molar-refractivity contribution >= 4 is 5.91 Å². The smallest absolute Gasteiger partial charge is 0.244 e. The zero-order valence-corrected chi connectivity index (χ0v) is 11.8. The third-order valence-electron chi connectivity index (χ3n) is 1.91. The van der Waals surface area contributed by atoms with Crippen molar-refractivity contribution in [3.05, 3.63) is 60.8 Å². The molecule has 1 amide bonds. The zero-order chi connectivity index (χ0) is 14.6. The van der Waals surface area contributed by atoms with Gasteiger partial charge in [0, 0.05) is 12.6 Å². The Labute approximate surface area is 115 Å². The highest BCUT2D eigenvalue weighted by atomic mass is 16.3. The van der Waals surface area contributed by atoms with Gasteiger partial charge >= 0.3 is 0 Å². The summed E-state index contributed by atoms with van der Waals surface area (Å²) in [5.74, 6) is -0.219. The number of allylic oxidation sites excluding steroid dienone is 9. The molecule has 104 valence electrons. The predicted molar refractivity (Wildman–Crippen MR) is 80.7 cm³/mol. The number of rotatable bonds is 7. The number of hydrogen-bond acceptors (Lipinski definition) is 2. The van der Waals surface area contributed by atoms with E-state index in [0.29, 0.717) is 0 Å². The standard InChI is InChI=1S/C16H23NO2/c1-4-5-6-7-8-9-10-11-12-13-15(18)17-14-16(2,3)19/h4-13,19H,14H2,1-3H3,(H,17,18)/b5-4+,7-6+,9-8+,11-10+,13-12+. The largest absolute Gasteiger partial charge is 0.389 e. The Morgan fingerprint density at radius 2 is 1.47 bits per heavy atom. The highest BCUT2D eigenvalue weighted by Gasteiger charge is 2.12. The molecule has 0 aliphatic heterocycles. The van der Waals surface area contributed by atoms with E-state index in [0.717, 1.165) is 0 Å². The maximum Gasteiger partial charge on any atom is 0.244 e. The van der Waals surface area contributed by atoms with Gasteiger partial charge in [-0.25, -0.2) is 0 Å². The summed E-state index contributed by atoms with van der Waals surface area (Å²) < 4.78 is 0. The molecule has 0 aromatic carbocycles. The minimum absolute atomic E-state index is 0.219. The Morgan fingerprint density at radius 3 is 1.95 bits per heavy atom. The molecule has 0 radical (unpaired) electrons. The summed E-state index contributed by atoms with van der Waals surface area (Å²) >= 11 is 0. The summed E-state index contributed by atoms with van der Waals surface area (Å²) in [4.78, 5) is 11.3. The fourth-order valence-electron chi connectivity index (χ4n) is 1.00. The fourth-order valence-corrected chi connectivity index (χ4v) is 1.00. The summed E-state index contributed by atoms with van der Waals surface area (Å²) in [5, 5.41) is 12.0. The van der Waals surface area contributed by atoms with Gasteiger partial charge in [0.2, 0.25) is 5.91 Å². The Balaban J connectivity index is 3.92. The van der Waals surface area contributed by atoms with E-state index in [2.05, 4.69) is 5.32 Å². The molecule has 0 saturated heterocycles. The van der Waals surface area contributed by atoms with Gasteiger partial charge < -0.3 is 10.4 Å². The third-order valence-corrected chi connectivity index (χ3v) is 1.91. The van der Waals surface area contributed by atoms with Crippen molar-refractivity contribution in [1.82, 2.24) is 5.32 Å². The van der Waals surface area contributed by atoms with Gasteiger partial charge in [0.1, 0.15) is 0 Å².